The quantitative estimate of drug-likeness (QED) is 0.737. The second kappa shape index (κ2) is 5.66. The van der Waals surface area contributed by atoms with Gasteiger partial charge in [0.15, 0.2) is 5.65 Å². The molecule has 0 aromatic carbocycles. The van der Waals surface area contributed by atoms with Crippen molar-refractivity contribution in [2.45, 2.75) is 20.4 Å². The fourth-order valence-corrected chi connectivity index (χ4v) is 3.10. The van der Waals surface area contributed by atoms with Crippen LogP contribution in [-0.4, -0.2) is 50.5 Å². The molecule has 0 radical (unpaired) electrons. The number of hydrogen-bond acceptors (Lipinski definition) is 5. The van der Waals surface area contributed by atoms with Crippen LogP contribution in [-0.2, 0) is 11.3 Å². The van der Waals surface area contributed by atoms with Crippen LogP contribution in [0.5, 0.6) is 0 Å². The summed E-state index contributed by atoms with van der Waals surface area (Å²) in [6.45, 7) is 8.21. The van der Waals surface area contributed by atoms with Gasteiger partial charge in [0, 0.05) is 31.4 Å². The van der Waals surface area contributed by atoms with E-state index in [0.29, 0.717) is 0 Å². The normalized spacial score (nSPS) is 15.5. The van der Waals surface area contributed by atoms with E-state index in [2.05, 4.69) is 32.5 Å². The molecule has 7 heteroatoms. The second-order valence-corrected chi connectivity index (χ2v) is 5.70. The first kappa shape index (κ1) is 14.2. The second-order valence-electron chi connectivity index (χ2n) is 5.70. The number of rotatable bonds is 3. The van der Waals surface area contributed by atoms with Crippen molar-refractivity contribution in [3.8, 4) is 11.3 Å². The molecule has 1 aliphatic rings. The molecule has 0 bridgehead atoms. The lowest BCUT2D eigenvalue weighted by atomic mass is 10.2. The van der Waals surface area contributed by atoms with E-state index >= 15 is 0 Å². The molecule has 0 N–H and O–H groups in total. The third kappa shape index (κ3) is 2.37. The highest BCUT2D eigenvalue weighted by molar-refractivity contribution is 5.75. The zero-order valence-corrected chi connectivity index (χ0v) is 13.4. The van der Waals surface area contributed by atoms with Gasteiger partial charge in [0.2, 0.25) is 0 Å². The third-order valence-electron chi connectivity index (χ3n) is 4.28. The van der Waals surface area contributed by atoms with Crippen molar-refractivity contribution in [3.05, 3.63) is 30.6 Å². The Labute approximate surface area is 134 Å². The molecule has 120 valence electrons. The van der Waals surface area contributed by atoms with Crippen molar-refractivity contribution in [3.63, 3.8) is 0 Å². The van der Waals surface area contributed by atoms with Crippen LogP contribution in [0.3, 0.4) is 0 Å². The van der Waals surface area contributed by atoms with E-state index < -0.39 is 0 Å². The van der Waals surface area contributed by atoms with Crippen LogP contribution in [0.25, 0.3) is 16.9 Å². The van der Waals surface area contributed by atoms with Gasteiger partial charge >= 0.3 is 0 Å². The van der Waals surface area contributed by atoms with E-state index in [4.69, 9.17) is 9.72 Å². The number of fused-ring (bicyclic) bond motifs is 1. The Hall–Kier alpha value is -2.41. The highest BCUT2D eigenvalue weighted by Crippen LogP contribution is 2.29. The van der Waals surface area contributed by atoms with E-state index in [1.54, 1.807) is 0 Å². The largest absolute Gasteiger partial charge is 0.378 e. The number of aryl methyl sites for hydroxylation is 2. The van der Waals surface area contributed by atoms with Gasteiger partial charge in [-0.2, -0.15) is 5.10 Å². The molecule has 0 amide bonds. The van der Waals surface area contributed by atoms with Crippen LogP contribution in [0.4, 0.5) is 5.69 Å². The van der Waals surface area contributed by atoms with Crippen LogP contribution in [0.15, 0.2) is 24.9 Å². The number of aromatic nitrogens is 5. The summed E-state index contributed by atoms with van der Waals surface area (Å²) >= 11 is 0. The number of nitrogens with zero attached hydrogens (tertiary/aromatic N) is 6. The zero-order chi connectivity index (χ0) is 15.8. The lowest BCUT2D eigenvalue weighted by molar-refractivity contribution is 0.123. The molecular weight excluding hydrogens is 292 g/mol. The Morgan fingerprint density at radius 3 is 2.78 bits per heavy atom. The fraction of sp³-hybridized carbons (Fsp3) is 0.438. The molecule has 1 saturated heterocycles. The summed E-state index contributed by atoms with van der Waals surface area (Å²) in [7, 11) is 0. The van der Waals surface area contributed by atoms with Crippen LogP contribution in [0.1, 0.15) is 12.6 Å². The molecule has 23 heavy (non-hydrogen) atoms. The molecule has 0 spiro atoms. The van der Waals surface area contributed by atoms with Gasteiger partial charge in [-0.25, -0.2) is 9.97 Å². The van der Waals surface area contributed by atoms with Gasteiger partial charge in [-0.15, -0.1) is 0 Å². The smallest absolute Gasteiger partial charge is 0.164 e. The van der Waals surface area contributed by atoms with Gasteiger partial charge in [-0.3, -0.25) is 9.08 Å². The minimum atomic E-state index is 0.747. The van der Waals surface area contributed by atoms with Crippen LogP contribution < -0.4 is 4.90 Å². The molecule has 4 rings (SSSR count). The maximum Gasteiger partial charge on any atom is 0.164 e. The van der Waals surface area contributed by atoms with Gasteiger partial charge in [-0.1, -0.05) is 0 Å². The lowest BCUT2D eigenvalue weighted by Crippen LogP contribution is -2.36. The number of ether oxygens (including phenoxy) is 1. The molecule has 0 aliphatic carbocycles. The SMILES string of the molecule is CCn1cc(-c2c(C)nc3c(N4CCOCC4)cncn23)cn1. The summed E-state index contributed by atoms with van der Waals surface area (Å²) < 4.78 is 9.44. The molecular formula is C16H20N6O. The minimum absolute atomic E-state index is 0.747. The lowest BCUT2D eigenvalue weighted by Gasteiger charge is -2.28. The van der Waals surface area contributed by atoms with Crippen LogP contribution in [0.2, 0.25) is 0 Å². The van der Waals surface area contributed by atoms with Crippen molar-refractivity contribution in [2.24, 2.45) is 0 Å². The summed E-state index contributed by atoms with van der Waals surface area (Å²) in [6, 6.07) is 0. The monoisotopic (exact) mass is 312 g/mol. The molecule has 1 aliphatic heterocycles. The first-order chi connectivity index (χ1) is 11.3. The molecule has 3 aromatic heterocycles. The Kier molecular flexibility index (Phi) is 3.49. The van der Waals surface area contributed by atoms with Crippen molar-refractivity contribution >= 4 is 11.3 Å². The number of morpholine rings is 1. The van der Waals surface area contributed by atoms with Gasteiger partial charge in [0.05, 0.1) is 42.7 Å². The number of anilines is 1. The zero-order valence-electron chi connectivity index (χ0n) is 13.4. The molecule has 0 saturated carbocycles. The summed E-state index contributed by atoms with van der Waals surface area (Å²) in [4.78, 5) is 11.5. The standard InChI is InChI=1S/C16H20N6O/c1-3-21-10-13(8-18-21)15-12(2)19-16-14(9-17-11-22(15)16)20-4-6-23-7-5-20/h8-11H,3-7H2,1-2H3. The van der Waals surface area contributed by atoms with Gasteiger partial charge in [0.25, 0.3) is 0 Å². The van der Waals surface area contributed by atoms with Crippen LogP contribution >= 0.6 is 0 Å². The maximum atomic E-state index is 5.45. The summed E-state index contributed by atoms with van der Waals surface area (Å²) in [6.07, 6.45) is 7.67. The number of imidazole rings is 1. The highest BCUT2D eigenvalue weighted by atomic mass is 16.5. The van der Waals surface area contributed by atoms with Crippen molar-refractivity contribution < 1.29 is 4.74 Å². The van der Waals surface area contributed by atoms with Crippen molar-refractivity contribution in [1.82, 2.24) is 24.1 Å². The van der Waals surface area contributed by atoms with Crippen LogP contribution in [0, 0.1) is 6.92 Å². The average Bonchev–Trinajstić information content (AvgIpc) is 3.18. The fourth-order valence-electron chi connectivity index (χ4n) is 3.10. The van der Waals surface area contributed by atoms with E-state index in [1.807, 2.05) is 30.3 Å². The van der Waals surface area contributed by atoms with E-state index in [0.717, 1.165) is 61.1 Å². The minimum Gasteiger partial charge on any atom is -0.378 e. The highest BCUT2D eigenvalue weighted by Gasteiger charge is 2.19. The molecule has 4 heterocycles. The molecule has 0 unspecified atom stereocenters. The Morgan fingerprint density at radius 2 is 2.04 bits per heavy atom. The van der Waals surface area contributed by atoms with Gasteiger partial charge in [0.1, 0.15) is 6.33 Å². The van der Waals surface area contributed by atoms with Gasteiger partial charge < -0.3 is 9.64 Å². The average molecular weight is 312 g/mol. The molecule has 0 atom stereocenters. The van der Waals surface area contributed by atoms with Crippen molar-refractivity contribution in [1.29, 1.82) is 0 Å². The summed E-state index contributed by atoms with van der Waals surface area (Å²) in [5.74, 6) is 0. The maximum absolute atomic E-state index is 5.45. The Balaban J connectivity index is 1.85. The van der Waals surface area contributed by atoms with E-state index in [9.17, 15) is 0 Å². The molecule has 3 aromatic rings. The first-order valence-electron chi connectivity index (χ1n) is 7.96. The molecule has 7 nitrogen and oxygen atoms in total. The van der Waals surface area contributed by atoms with E-state index in [-0.39, 0.29) is 0 Å². The topological polar surface area (TPSA) is 60.5 Å². The third-order valence-corrected chi connectivity index (χ3v) is 4.28. The summed E-state index contributed by atoms with van der Waals surface area (Å²) in [5.41, 5.74) is 5.12. The molecule has 1 fully saturated rings. The van der Waals surface area contributed by atoms with Crippen molar-refractivity contribution in [2.75, 3.05) is 31.2 Å². The Bertz CT molecular complexity index is 830. The predicted octanol–water partition coefficient (Wildman–Crippen LogP) is 1.76. The Morgan fingerprint density at radius 1 is 1.22 bits per heavy atom. The van der Waals surface area contributed by atoms with Gasteiger partial charge in [-0.05, 0) is 13.8 Å². The predicted molar refractivity (Wildman–Crippen MR) is 87.7 cm³/mol. The van der Waals surface area contributed by atoms with E-state index in [1.165, 1.54) is 0 Å². The summed E-state index contributed by atoms with van der Waals surface area (Å²) in [5, 5.41) is 4.38. The first-order valence-corrected chi connectivity index (χ1v) is 7.96. The number of hydrogen-bond donors (Lipinski definition) is 0.